The van der Waals surface area contributed by atoms with Gasteiger partial charge in [-0.05, 0) is 41.2 Å². The normalized spacial score (nSPS) is 16.2. The van der Waals surface area contributed by atoms with Crippen LogP contribution in [-0.2, 0) is 19.9 Å². The van der Waals surface area contributed by atoms with E-state index in [-0.39, 0.29) is 35.6 Å². The molecule has 0 saturated carbocycles. The Kier molecular flexibility index (Phi) is 9.38. The molecule has 2 amide bonds. The van der Waals surface area contributed by atoms with Gasteiger partial charge in [0.25, 0.3) is 0 Å². The van der Waals surface area contributed by atoms with Crippen molar-refractivity contribution in [3.05, 3.63) is 138 Å². The number of carbonyl (C=O) groups excluding carboxylic acids is 2. The van der Waals surface area contributed by atoms with Gasteiger partial charge in [-0.2, -0.15) is 0 Å². The Bertz CT molecular complexity index is 1310. The van der Waals surface area contributed by atoms with Crippen LogP contribution in [0.2, 0.25) is 0 Å². The van der Waals surface area contributed by atoms with E-state index in [0.29, 0.717) is 19.3 Å². The number of thioether (sulfide) groups is 1. The van der Waals surface area contributed by atoms with E-state index in [1.165, 1.54) is 4.90 Å². The zero-order valence-corrected chi connectivity index (χ0v) is 24.5. The van der Waals surface area contributed by atoms with Crippen LogP contribution in [0.1, 0.15) is 49.8 Å². The third-order valence-electron chi connectivity index (χ3n) is 7.78. The number of carbonyl (C=O) groups is 2. The summed E-state index contributed by atoms with van der Waals surface area (Å²) in [5, 5.41) is 0.0666. The number of nitrogens with zero attached hydrogens (tertiary/aromatic N) is 1. The molecular weight excluding hydrogens is 526 g/mol. The zero-order chi connectivity index (χ0) is 28.7. The van der Waals surface area contributed by atoms with Crippen molar-refractivity contribution in [2.45, 2.75) is 54.9 Å². The summed E-state index contributed by atoms with van der Waals surface area (Å²) in [6, 6.07) is 40.4. The number of amides is 2. The van der Waals surface area contributed by atoms with Crippen LogP contribution >= 0.6 is 11.8 Å². The third-order valence-corrected chi connectivity index (χ3v) is 9.34. The van der Waals surface area contributed by atoms with Crippen LogP contribution in [0.3, 0.4) is 0 Å². The van der Waals surface area contributed by atoms with Gasteiger partial charge < -0.3 is 4.74 Å². The van der Waals surface area contributed by atoms with Crippen LogP contribution in [0.4, 0.5) is 0 Å². The molecule has 4 aromatic rings. The van der Waals surface area contributed by atoms with E-state index >= 15 is 0 Å². The van der Waals surface area contributed by atoms with Crippen molar-refractivity contribution in [3.8, 4) is 0 Å². The lowest BCUT2D eigenvalue weighted by Crippen LogP contribution is -2.44. The number of hydrogen-bond donors (Lipinski definition) is 0. The number of rotatable bonds is 11. The van der Waals surface area contributed by atoms with Gasteiger partial charge >= 0.3 is 0 Å². The van der Waals surface area contributed by atoms with Crippen molar-refractivity contribution >= 4 is 23.6 Å². The number of imide groups is 1. The average Bonchev–Trinajstić information content (AvgIpc) is 3.39. The summed E-state index contributed by atoms with van der Waals surface area (Å²) in [6.45, 7) is 4.51. The molecule has 0 unspecified atom stereocenters. The second-order valence-corrected chi connectivity index (χ2v) is 12.2. The molecule has 41 heavy (non-hydrogen) atoms. The molecule has 5 rings (SSSR count). The minimum Gasteiger partial charge on any atom is -0.359 e. The molecule has 0 aromatic heterocycles. The highest BCUT2D eigenvalue weighted by Gasteiger charge is 2.42. The van der Waals surface area contributed by atoms with Crippen LogP contribution in [0.25, 0.3) is 0 Å². The minimum absolute atomic E-state index is 0.0666. The summed E-state index contributed by atoms with van der Waals surface area (Å²) >= 11 is 1.71. The Hall–Kier alpha value is -3.67. The average molecular weight is 564 g/mol. The zero-order valence-electron chi connectivity index (χ0n) is 23.7. The van der Waals surface area contributed by atoms with Crippen molar-refractivity contribution in [2.24, 2.45) is 5.92 Å². The number of likely N-dealkylation sites (tertiary alicyclic amines) is 1. The SMILES string of the molecule is CC(C)[C@@H](CC(=O)N1C(=O)CC[C@H]1COC(c1ccccc1)(c1ccccc1)c1ccccc1)Sc1ccccc1. The van der Waals surface area contributed by atoms with E-state index in [2.05, 4.69) is 62.4 Å². The van der Waals surface area contributed by atoms with Gasteiger partial charge in [0.2, 0.25) is 11.8 Å². The second kappa shape index (κ2) is 13.3. The maximum absolute atomic E-state index is 13.7. The van der Waals surface area contributed by atoms with Gasteiger partial charge in [-0.3, -0.25) is 14.5 Å². The minimum atomic E-state index is -0.895. The fraction of sp³-hybridized carbons (Fsp3) is 0.278. The predicted octanol–water partition coefficient (Wildman–Crippen LogP) is 7.72. The topological polar surface area (TPSA) is 46.6 Å². The van der Waals surface area contributed by atoms with Crippen molar-refractivity contribution in [1.82, 2.24) is 4.90 Å². The molecule has 0 N–H and O–H groups in total. The number of ether oxygens (including phenoxy) is 1. The van der Waals surface area contributed by atoms with Gasteiger partial charge in [0.05, 0.1) is 12.6 Å². The van der Waals surface area contributed by atoms with Gasteiger partial charge in [0.15, 0.2) is 0 Å². The van der Waals surface area contributed by atoms with Crippen molar-refractivity contribution in [2.75, 3.05) is 6.61 Å². The van der Waals surface area contributed by atoms with Gasteiger partial charge in [0, 0.05) is 23.0 Å². The predicted molar refractivity (Wildman–Crippen MR) is 166 cm³/mol. The Morgan fingerprint density at radius 1 is 0.805 bits per heavy atom. The van der Waals surface area contributed by atoms with Crippen LogP contribution < -0.4 is 0 Å². The Morgan fingerprint density at radius 3 is 1.73 bits per heavy atom. The third kappa shape index (κ3) is 6.47. The van der Waals surface area contributed by atoms with Gasteiger partial charge in [-0.25, -0.2) is 0 Å². The van der Waals surface area contributed by atoms with Crippen molar-refractivity contribution in [1.29, 1.82) is 0 Å². The monoisotopic (exact) mass is 563 g/mol. The summed E-state index contributed by atoms with van der Waals surface area (Å²) in [5.41, 5.74) is 2.10. The first kappa shape index (κ1) is 28.8. The molecule has 5 heteroatoms. The molecular formula is C36H37NO3S. The summed E-state index contributed by atoms with van der Waals surface area (Å²) in [6.07, 6.45) is 1.25. The molecule has 1 aliphatic rings. The molecule has 0 radical (unpaired) electrons. The van der Waals surface area contributed by atoms with E-state index < -0.39 is 5.60 Å². The van der Waals surface area contributed by atoms with Crippen molar-refractivity contribution in [3.63, 3.8) is 0 Å². The Morgan fingerprint density at radius 2 is 1.27 bits per heavy atom. The highest BCUT2D eigenvalue weighted by molar-refractivity contribution is 8.00. The molecule has 0 aliphatic carbocycles. The molecule has 1 fully saturated rings. The standard InChI is InChI=1S/C36H37NO3S/c1-27(2)33(41-32-21-13-6-14-22-32)25-35(39)37-31(23-24-34(37)38)26-40-36(28-15-7-3-8-16-28,29-17-9-4-10-18-29)30-19-11-5-12-20-30/h3-22,27,31,33H,23-26H2,1-2H3/t31-,33+/m0/s1. The molecule has 210 valence electrons. The molecule has 1 heterocycles. The lowest BCUT2D eigenvalue weighted by Gasteiger charge is -2.37. The van der Waals surface area contributed by atoms with Crippen LogP contribution in [0.5, 0.6) is 0 Å². The Balaban J connectivity index is 1.43. The van der Waals surface area contributed by atoms with Crippen LogP contribution in [0, 0.1) is 5.92 Å². The fourth-order valence-corrected chi connectivity index (χ4v) is 6.75. The summed E-state index contributed by atoms with van der Waals surface area (Å²) in [5.74, 6) is 0.0481. The Labute approximate surface area is 247 Å². The lowest BCUT2D eigenvalue weighted by atomic mass is 9.80. The summed E-state index contributed by atoms with van der Waals surface area (Å²) < 4.78 is 7.00. The smallest absolute Gasteiger partial charge is 0.230 e. The highest BCUT2D eigenvalue weighted by Crippen LogP contribution is 2.41. The quantitative estimate of drug-likeness (QED) is 0.138. The van der Waals surface area contributed by atoms with E-state index in [0.717, 1.165) is 21.6 Å². The van der Waals surface area contributed by atoms with Gasteiger partial charge in [-0.15, -0.1) is 11.8 Å². The number of hydrogen-bond acceptors (Lipinski definition) is 4. The molecule has 4 nitrogen and oxygen atoms in total. The maximum atomic E-state index is 13.7. The number of benzene rings is 4. The van der Waals surface area contributed by atoms with Gasteiger partial charge in [-0.1, -0.05) is 123 Å². The fourth-order valence-electron chi connectivity index (χ4n) is 5.59. The lowest BCUT2D eigenvalue weighted by molar-refractivity contribution is -0.146. The molecule has 0 bridgehead atoms. The molecule has 1 aliphatic heterocycles. The summed E-state index contributed by atoms with van der Waals surface area (Å²) in [7, 11) is 0. The second-order valence-electron chi connectivity index (χ2n) is 10.9. The van der Waals surface area contributed by atoms with Crippen LogP contribution in [0.15, 0.2) is 126 Å². The molecule has 2 atom stereocenters. The van der Waals surface area contributed by atoms with Crippen LogP contribution in [-0.4, -0.2) is 34.6 Å². The molecule has 0 spiro atoms. The largest absolute Gasteiger partial charge is 0.359 e. The van der Waals surface area contributed by atoms with E-state index in [1.807, 2.05) is 72.8 Å². The first-order valence-electron chi connectivity index (χ1n) is 14.4. The highest BCUT2D eigenvalue weighted by atomic mass is 32.2. The van der Waals surface area contributed by atoms with Gasteiger partial charge in [0.1, 0.15) is 5.60 Å². The first-order valence-corrected chi connectivity index (χ1v) is 15.2. The maximum Gasteiger partial charge on any atom is 0.230 e. The summed E-state index contributed by atoms with van der Waals surface area (Å²) in [4.78, 5) is 29.5. The molecule has 1 saturated heterocycles. The van der Waals surface area contributed by atoms with E-state index in [4.69, 9.17) is 4.74 Å². The first-order chi connectivity index (χ1) is 20.0. The van der Waals surface area contributed by atoms with E-state index in [9.17, 15) is 9.59 Å². The molecule has 4 aromatic carbocycles. The van der Waals surface area contributed by atoms with E-state index in [1.54, 1.807) is 11.8 Å². The van der Waals surface area contributed by atoms with Crippen molar-refractivity contribution < 1.29 is 14.3 Å².